The van der Waals surface area contributed by atoms with E-state index in [0.29, 0.717) is 17.7 Å². The Kier molecular flexibility index (Phi) is 4.03. The van der Waals surface area contributed by atoms with Crippen molar-refractivity contribution >= 4 is 29.3 Å². The van der Waals surface area contributed by atoms with Gasteiger partial charge in [0.05, 0.1) is 11.8 Å². The molecule has 0 unspecified atom stereocenters. The maximum Gasteiger partial charge on any atom is 0.250 e. The number of hydrogen-bond donors (Lipinski definition) is 3. The molecule has 4 N–H and O–H groups in total. The number of fused-ring (bicyclic) bond motifs is 4. The fraction of sp³-hybridized carbons (Fsp3) is 0.524. The molecule has 3 aliphatic heterocycles. The Hall–Kier alpha value is -2.74. The molecule has 4 atom stereocenters. The van der Waals surface area contributed by atoms with Gasteiger partial charge in [0, 0.05) is 29.8 Å². The summed E-state index contributed by atoms with van der Waals surface area (Å²) in [5.74, 6) is -2.75. The molecular formula is C21H24N4O4. The van der Waals surface area contributed by atoms with E-state index < -0.39 is 29.3 Å². The highest BCUT2D eigenvalue weighted by Gasteiger charge is 2.70. The van der Waals surface area contributed by atoms with E-state index >= 15 is 0 Å². The van der Waals surface area contributed by atoms with Crippen LogP contribution in [0.5, 0.6) is 0 Å². The second kappa shape index (κ2) is 6.38. The van der Waals surface area contributed by atoms with Crippen LogP contribution in [0.2, 0.25) is 0 Å². The van der Waals surface area contributed by atoms with Crippen molar-refractivity contribution in [2.75, 3.05) is 5.32 Å². The molecule has 2 saturated heterocycles. The van der Waals surface area contributed by atoms with E-state index in [1.165, 1.54) is 4.90 Å². The third kappa shape index (κ3) is 2.41. The van der Waals surface area contributed by atoms with E-state index in [-0.39, 0.29) is 30.2 Å². The first kappa shape index (κ1) is 18.3. The van der Waals surface area contributed by atoms with Gasteiger partial charge in [-0.25, -0.2) is 0 Å². The number of likely N-dealkylation sites (tertiary alicyclic amines) is 1. The summed E-state index contributed by atoms with van der Waals surface area (Å²) in [6, 6.07) is 6.71. The first-order chi connectivity index (χ1) is 13.9. The van der Waals surface area contributed by atoms with Crippen LogP contribution in [-0.4, -0.2) is 40.6 Å². The number of carbonyl (C=O) groups is 4. The van der Waals surface area contributed by atoms with Crippen molar-refractivity contribution in [3.05, 3.63) is 29.8 Å². The maximum absolute atomic E-state index is 13.6. The minimum atomic E-state index is -1.29. The predicted molar refractivity (Wildman–Crippen MR) is 103 cm³/mol. The molecule has 0 bridgehead atoms. The Labute approximate surface area is 168 Å². The van der Waals surface area contributed by atoms with Gasteiger partial charge < -0.3 is 11.1 Å². The minimum absolute atomic E-state index is 0.0884. The van der Waals surface area contributed by atoms with Crippen LogP contribution < -0.4 is 16.4 Å². The van der Waals surface area contributed by atoms with Crippen LogP contribution in [-0.2, 0) is 24.7 Å². The Morgan fingerprint density at radius 3 is 2.59 bits per heavy atom. The summed E-state index contributed by atoms with van der Waals surface area (Å²) < 4.78 is 0. The van der Waals surface area contributed by atoms with Gasteiger partial charge in [0.1, 0.15) is 5.54 Å². The molecular weight excluding hydrogens is 372 g/mol. The van der Waals surface area contributed by atoms with Gasteiger partial charge >= 0.3 is 0 Å². The van der Waals surface area contributed by atoms with Crippen molar-refractivity contribution in [1.82, 2.24) is 10.2 Å². The Balaban J connectivity index is 1.61. The Morgan fingerprint density at radius 2 is 1.86 bits per heavy atom. The third-order valence-electron chi connectivity index (χ3n) is 7.05. The van der Waals surface area contributed by atoms with Crippen LogP contribution in [0.1, 0.15) is 44.1 Å². The topological polar surface area (TPSA) is 122 Å². The Bertz CT molecular complexity index is 925. The molecule has 1 aromatic rings. The number of para-hydroxylation sites is 1. The van der Waals surface area contributed by atoms with E-state index in [9.17, 15) is 19.2 Å². The van der Waals surface area contributed by atoms with Crippen LogP contribution in [0.3, 0.4) is 0 Å². The number of benzene rings is 1. The summed E-state index contributed by atoms with van der Waals surface area (Å²) >= 11 is 0. The number of nitrogens with zero attached hydrogens (tertiary/aromatic N) is 1. The van der Waals surface area contributed by atoms with E-state index in [1.54, 1.807) is 6.07 Å². The van der Waals surface area contributed by atoms with Gasteiger partial charge in [-0.2, -0.15) is 0 Å². The van der Waals surface area contributed by atoms with Gasteiger partial charge in [-0.1, -0.05) is 31.0 Å². The zero-order chi connectivity index (χ0) is 20.3. The van der Waals surface area contributed by atoms with E-state index in [4.69, 9.17) is 5.73 Å². The molecule has 1 spiro atoms. The van der Waals surface area contributed by atoms with Crippen LogP contribution >= 0.6 is 0 Å². The highest BCUT2D eigenvalue weighted by atomic mass is 16.2. The number of nitrogens with one attached hydrogen (secondary N) is 2. The summed E-state index contributed by atoms with van der Waals surface area (Å²) in [4.78, 5) is 53.0. The molecule has 4 aliphatic rings. The SMILES string of the molecule is NC(=O)CC[C@H]1N[C@@]2(C(=O)Nc3ccccc32)[C@@H]2C(=O)N(C3CCCC3)C(=O)[C@@H]21. The van der Waals surface area contributed by atoms with Gasteiger partial charge in [-0.15, -0.1) is 0 Å². The highest BCUT2D eigenvalue weighted by molar-refractivity contribution is 6.15. The lowest BCUT2D eigenvalue weighted by Crippen LogP contribution is -2.54. The molecule has 0 radical (unpaired) electrons. The molecule has 5 rings (SSSR count). The van der Waals surface area contributed by atoms with E-state index in [0.717, 1.165) is 25.7 Å². The number of rotatable bonds is 4. The summed E-state index contributed by atoms with van der Waals surface area (Å²) in [5.41, 5.74) is 5.39. The summed E-state index contributed by atoms with van der Waals surface area (Å²) in [7, 11) is 0. The molecule has 0 aromatic heterocycles. The zero-order valence-electron chi connectivity index (χ0n) is 16.0. The monoisotopic (exact) mass is 396 g/mol. The van der Waals surface area contributed by atoms with Crippen molar-refractivity contribution < 1.29 is 19.2 Å². The molecule has 4 amide bonds. The molecule has 1 aromatic carbocycles. The van der Waals surface area contributed by atoms with Crippen molar-refractivity contribution in [2.45, 2.75) is 56.1 Å². The molecule has 3 heterocycles. The Morgan fingerprint density at radius 1 is 1.14 bits per heavy atom. The number of primary amides is 1. The van der Waals surface area contributed by atoms with Crippen LogP contribution in [0.25, 0.3) is 0 Å². The van der Waals surface area contributed by atoms with Gasteiger partial charge in [0.2, 0.25) is 23.6 Å². The lowest BCUT2D eigenvalue weighted by atomic mass is 9.76. The quantitative estimate of drug-likeness (QED) is 0.644. The highest BCUT2D eigenvalue weighted by Crippen LogP contribution is 2.54. The third-order valence-corrected chi connectivity index (χ3v) is 7.05. The molecule has 29 heavy (non-hydrogen) atoms. The number of amides is 4. The fourth-order valence-electron chi connectivity index (χ4n) is 5.85. The average molecular weight is 396 g/mol. The minimum Gasteiger partial charge on any atom is -0.370 e. The number of nitrogens with two attached hydrogens (primary N) is 1. The van der Waals surface area contributed by atoms with E-state index in [2.05, 4.69) is 10.6 Å². The first-order valence-corrected chi connectivity index (χ1v) is 10.3. The van der Waals surface area contributed by atoms with Gasteiger partial charge in [0.15, 0.2) is 0 Å². The summed E-state index contributed by atoms with van der Waals surface area (Å²) in [6.45, 7) is 0. The molecule has 8 heteroatoms. The summed E-state index contributed by atoms with van der Waals surface area (Å²) in [6.07, 6.45) is 4.01. The van der Waals surface area contributed by atoms with Gasteiger partial charge in [-0.3, -0.25) is 29.4 Å². The summed E-state index contributed by atoms with van der Waals surface area (Å²) in [5, 5.41) is 6.19. The molecule has 3 fully saturated rings. The fourth-order valence-corrected chi connectivity index (χ4v) is 5.85. The van der Waals surface area contributed by atoms with Gasteiger partial charge in [0.25, 0.3) is 0 Å². The molecule has 1 saturated carbocycles. The second-order valence-electron chi connectivity index (χ2n) is 8.55. The van der Waals surface area contributed by atoms with Crippen LogP contribution in [0.4, 0.5) is 5.69 Å². The lowest BCUT2D eigenvalue weighted by Gasteiger charge is -2.31. The first-order valence-electron chi connectivity index (χ1n) is 10.3. The normalized spacial score (nSPS) is 33.4. The number of anilines is 1. The smallest absolute Gasteiger partial charge is 0.250 e. The van der Waals surface area contributed by atoms with Crippen molar-refractivity contribution in [3.8, 4) is 0 Å². The standard InChI is InChI=1S/C21H24N4O4/c22-15(26)10-9-14-16-17(19(28)25(18(16)27)11-5-1-2-6-11)21(24-14)12-7-3-4-8-13(12)23-20(21)29/h3-4,7-8,11,14,16-17,24H,1-2,5-6,9-10H2,(H2,22,26)(H,23,29)/t14-,16-,17+,21-/m1/s1. The number of hydrogen-bond acceptors (Lipinski definition) is 5. The van der Waals surface area contributed by atoms with Gasteiger partial charge in [-0.05, 0) is 25.3 Å². The van der Waals surface area contributed by atoms with Crippen LogP contribution in [0, 0.1) is 11.8 Å². The lowest BCUT2D eigenvalue weighted by molar-refractivity contribution is -0.145. The number of imide groups is 1. The molecule has 1 aliphatic carbocycles. The molecule has 8 nitrogen and oxygen atoms in total. The molecule has 152 valence electrons. The van der Waals surface area contributed by atoms with Crippen molar-refractivity contribution in [3.63, 3.8) is 0 Å². The average Bonchev–Trinajstić information content (AvgIpc) is 3.42. The van der Waals surface area contributed by atoms with Crippen molar-refractivity contribution in [1.29, 1.82) is 0 Å². The second-order valence-corrected chi connectivity index (χ2v) is 8.55. The van der Waals surface area contributed by atoms with Crippen LogP contribution in [0.15, 0.2) is 24.3 Å². The predicted octanol–water partition coefficient (Wildman–Crippen LogP) is 0.615. The number of carbonyl (C=O) groups excluding carboxylic acids is 4. The van der Waals surface area contributed by atoms with Crippen molar-refractivity contribution in [2.24, 2.45) is 17.6 Å². The maximum atomic E-state index is 13.6. The largest absolute Gasteiger partial charge is 0.370 e. The van der Waals surface area contributed by atoms with E-state index in [1.807, 2.05) is 18.2 Å². The zero-order valence-corrected chi connectivity index (χ0v) is 16.0.